The first kappa shape index (κ1) is 21.9. The average molecular weight is 500 g/mol. The highest BCUT2D eigenvalue weighted by Gasteiger charge is 2.16. The highest BCUT2D eigenvalue weighted by molar-refractivity contribution is 6.11. The molecule has 3 heteroatoms. The number of rotatable bonds is 3. The van der Waals surface area contributed by atoms with Crippen LogP contribution in [0.4, 0.5) is 0 Å². The summed E-state index contributed by atoms with van der Waals surface area (Å²) >= 11 is 0. The Hall–Kier alpha value is -5.15. The van der Waals surface area contributed by atoms with E-state index in [4.69, 9.17) is 0 Å². The second-order valence-corrected chi connectivity index (χ2v) is 10.2. The molecule has 0 bridgehead atoms. The maximum atomic E-state index is 4.43. The van der Waals surface area contributed by atoms with Crippen LogP contribution in [0.3, 0.4) is 0 Å². The van der Waals surface area contributed by atoms with E-state index in [9.17, 15) is 0 Å². The van der Waals surface area contributed by atoms with Crippen molar-refractivity contribution in [1.82, 2.24) is 14.1 Å². The summed E-state index contributed by atoms with van der Waals surface area (Å²) in [4.78, 5) is 4.43. The summed E-state index contributed by atoms with van der Waals surface area (Å²) in [5.74, 6) is 0. The van der Waals surface area contributed by atoms with E-state index >= 15 is 0 Å². The lowest BCUT2D eigenvalue weighted by atomic mass is 10.0. The van der Waals surface area contributed by atoms with Crippen molar-refractivity contribution in [3.8, 4) is 22.5 Å². The number of fused-ring (bicyclic) bond motifs is 6. The molecule has 3 nitrogen and oxygen atoms in total. The van der Waals surface area contributed by atoms with Crippen molar-refractivity contribution < 1.29 is 0 Å². The van der Waals surface area contributed by atoms with Crippen molar-refractivity contribution in [1.29, 1.82) is 0 Å². The molecule has 3 aromatic heterocycles. The Labute approximate surface area is 226 Å². The Morgan fingerprint density at radius 3 is 1.56 bits per heavy atom. The van der Waals surface area contributed by atoms with E-state index in [0.29, 0.717) is 0 Å². The highest BCUT2D eigenvalue weighted by Crippen LogP contribution is 2.36. The topological polar surface area (TPSA) is 22.8 Å². The van der Waals surface area contributed by atoms with Crippen LogP contribution in [0.1, 0.15) is 5.56 Å². The summed E-state index contributed by atoms with van der Waals surface area (Å²) in [6.07, 6.45) is 3.85. The van der Waals surface area contributed by atoms with Crippen LogP contribution in [-0.2, 0) is 0 Å². The van der Waals surface area contributed by atoms with Gasteiger partial charge in [-0.3, -0.25) is 4.98 Å². The van der Waals surface area contributed by atoms with Gasteiger partial charge in [0.1, 0.15) is 0 Å². The lowest BCUT2D eigenvalue weighted by Crippen LogP contribution is -1.98. The fourth-order valence-electron chi connectivity index (χ4n) is 6.12. The van der Waals surface area contributed by atoms with Gasteiger partial charge < -0.3 is 9.13 Å². The van der Waals surface area contributed by atoms with Gasteiger partial charge in [-0.25, -0.2) is 0 Å². The SMILES string of the molecule is Cc1cncc(-c2ccc3c(c2)c2ccccc2n3-c2cccc(-n3c4ccccc4c4ccccc43)c2)c1. The summed E-state index contributed by atoms with van der Waals surface area (Å²) in [7, 11) is 0. The van der Waals surface area contributed by atoms with Crippen LogP contribution in [0.5, 0.6) is 0 Å². The molecule has 0 saturated heterocycles. The fraction of sp³-hybridized carbons (Fsp3) is 0.0278. The number of benzene rings is 5. The molecule has 0 spiro atoms. The molecule has 3 heterocycles. The van der Waals surface area contributed by atoms with Crippen LogP contribution in [0, 0.1) is 6.92 Å². The number of aryl methyl sites for hydroxylation is 1. The van der Waals surface area contributed by atoms with E-state index in [2.05, 4.69) is 142 Å². The van der Waals surface area contributed by atoms with E-state index in [0.717, 1.165) is 22.5 Å². The maximum Gasteiger partial charge on any atom is 0.0541 e. The smallest absolute Gasteiger partial charge is 0.0541 e. The zero-order chi connectivity index (χ0) is 25.9. The second kappa shape index (κ2) is 8.44. The summed E-state index contributed by atoms with van der Waals surface area (Å²) in [5.41, 5.74) is 10.6. The van der Waals surface area contributed by atoms with Crippen LogP contribution >= 0.6 is 0 Å². The van der Waals surface area contributed by atoms with Crippen LogP contribution < -0.4 is 0 Å². The normalized spacial score (nSPS) is 11.7. The Kier molecular flexibility index (Phi) is 4.74. The van der Waals surface area contributed by atoms with Crippen molar-refractivity contribution in [3.05, 3.63) is 139 Å². The minimum absolute atomic E-state index is 1.14. The quantitative estimate of drug-likeness (QED) is 0.237. The fourth-order valence-corrected chi connectivity index (χ4v) is 6.12. The molecule has 39 heavy (non-hydrogen) atoms. The van der Waals surface area contributed by atoms with Gasteiger partial charge in [0, 0.05) is 50.9 Å². The van der Waals surface area contributed by atoms with Crippen molar-refractivity contribution in [3.63, 3.8) is 0 Å². The molecule has 184 valence electrons. The van der Waals surface area contributed by atoms with Gasteiger partial charge in [-0.05, 0) is 72.6 Å². The van der Waals surface area contributed by atoms with Crippen LogP contribution in [0.25, 0.3) is 66.1 Å². The molecule has 0 aliphatic rings. The maximum absolute atomic E-state index is 4.43. The molecule has 8 aromatic rings. The molecule has 0 radical (unpaired) electrons. The molecular formula is C36H25N3. The van der Waals surface area contributed by atoms with E-state index < -0.39 is 0 Å². The van der Waals surface area contributed by atoms with Crippen LogP contribution in [0.15, 0.2) is 134 Å². The standard InChI is InChI=1S/C36H25N3/c1-24-19-26(23-37-22-24)25-17-18-36-32(20-25)31-13-4-7-16-35(31)39(36)28-10-8-9-27(21-28)38-33-14-5-2-11-29(33)30-12-3-6-15-34(30)38/h2-23H,1H3. The van der Waals surface area contributed by atoms with E-state index in [1.54, 1.807) is 0 Å². The zero-order valence-corrected chi connectivity index (χ0v) is 21.5. The predicted octanol–water partition coefficient (Wildman–Crippen LogP) is 9.25. The number of para-hydroxylation sites is 3. The van der Waals surface area contributed by atoms with Crippen molar-refractivity contribution >= 4 is 43.6 Å². The first-order valence-corrected chi connectivity index (χ1v) is 13.3. The van der Waals surface area contributed by atoms with Crippen molar-refractivity contribution in [2.45, 2.75) is 6.92 Å². The molecular weight excluding hydrogens is 474 g/mol. The third-order valence-electron chi connectivity index (χ3n) is 7.81. The molecule has 0 atom stereocenters. The van der Waals surface area contributed by atoms with Gasteiger partial charge in [-0.1, -0.05) is 66.7 Å². The lowest BCUT2D eigenvalue weighted by molar-refractivity contribution is 1.13. The first-order valence-electron chi connectivity index (χ1n) is 13.3. The average Bonchev–Trinajstić information content (AvgIpc) is 3.50. The van der Waals surface area contributed by atoms with Gasteiger partial charge in [0.25, 0.3) is 0 Å². The number of aromatic nitrogens is 3. The number of hydrogen-bond acceptors (Lipinski definition) is 1. The molecule has 0 fully saturated rings. The number of pyridine rings is 1. The van der Waals surface area contributed by atoms with E-state index in [1.165, 1.54) is 49.2 Å². The predicted molar refractivity (Wildman–Crippen MR) is 163 cm³/mol. The molecule has 8 rings (SSSR count). The van der Waals surface area contributed by atoms with Crippen molar-refractivity contribution in [2.75, 3.05) is 0 Å². The van der Waals surface area contributed by atoms with Gasteiger partial charge in [-0.15, -0.1) is 0 Å². The third kappa shape index (κ3) is 3.33. The minimum atomic E-state index is 1.14. The number of nitrogens with zero attached hydrogens (tertiary/aromatic N) is 3. The van der Waals surface area contributed by atoms with Gasteiger partial charge >= 0.3 is 0 Å². The van der Waals surface area contributed by atoms with Gasteiger partial charge in [0.15, 0.2) is 0 Å². The molecule has 0 saturated carbocycles. The summed E-state index contributed by atoms with van der Waals surface area (Å²) < 4.78 is 4.77. The monoisotopic (exact) mass is 499 g/mol. The summed E-state index contributed by atoms with van der Waals surface area (Å²) in [5, 5.41) is 5.03. The minimum Gasteiger partial charge on any atom is -0.309 e. The Morgan fingerprint density at radius 1 is 0.436 bits per heavy atom. The third-order valence-corrected chi connectivity index (χ3v) is 7.81. The zero-order valence-electron chi connectivity index (χ0n) is 21.5. The Balaban J connectivity index is 1.38. The Bertz CT molecular complexity index is 2140. The van der Waals surface area contributed by atoms with Crippen LogP contribution in [-0.4, -0.2) is 14.1 Å². The highest BCUT2D eigenvalue weighted by atomic mass is 15.0. The van der Waals surface area contributed by atoms with Gasteiger partial charge in [0.2, 0.25) is 0 Å². The number of hydrogen-bond donors (Lipinski definition) is 0. The molecule has 0 aliphatic heterocycles. The first-order chi connectivity index (χ1) is 19.3. The molecule has 0 amide bonds. The summed E-state index contributed by atoms with van der Waals surface area (Å²) in [6, 6.07) is 43.9. The van der Waals surface area contributed by atoms with Gasteiger partial charge in [0.05, 0.1) is 22.1 Å². The second-order valence-electron chi connectivity index (χ2n) is 10.2. The molecule has 5 aromatic carbocycles. The van der Waals surface area contributed by atoms with E-state index in [-0.39, 0.29) is 0 Å². The lowest BCUT2D eigenvalue weighted by Gasteiger charge is -2.13. The van der Waals surface area contributed by atoms with Crippen molar-refractivity contribution in [2.24, 2.45) is 0 Å². The van der Waals surface area contributed by atoms with Crippen LogP contribution in [0.2, 0.25) is 0 Å². The Morgan fingerprint density at radius 2 is 0.974 bits per heavy atom. The molecule has 0 aliphatic carbocycles. The molecule has 0 unspecified atom stereocenters. The largest absolute Gasteiger partial charge is 0.309 e. The molecule has 0 N–H and O–H groups in total. The van der Waals surface area contributed by atoms with Gasteiger partial charge in [-0.2, -0.15) is 0 Å². The van der Waals surface area contributed by atoms with E-state index in [1.807, 2.05) is 12.4 Å². The summed E-state index contributed by atoms with van der Waals surface area (Å²) in [6.45, 7) is 2.09.